The van der Waals surface area contributed by atoms with Gasteiger partial charge in [0, 0.05) is 13.1 Å². The maximum Gasteiger partial charge on any atom is 0.348 e. The number of rotatable bonds is 6. The Hall–Kier alpha value is -2.18. The second-order valence-corrected chi connectivity index (χ2v) is 6.85. The number of carbonyl (C=O) groups is 1. The maximum absolute atomic E-state index is 11.3. The number of benzene rings is 2. The average molecular weight is 403 g/mol. The van der Waals surface area contributed by atoms with Crippen molar-refractivity contribution in [2.45, 2.75) is 13.1 Å². The van der Waals surface area contributed by atoms with Gasteiger partial charge in [0.25, 0.3) is 0 Å². The Morgan fingerprint density at radius 3 is 1.92 bits per heavy atom. The van der Waals surface area contributed by atoms with Gasteiger partial charge in [0.1, 0.15) is 4.88 Å². The summed E-state index contributed by atoms with van der Waals surface area (Å²) < 4.78 is 4.90. The molecule has 24 heavy (non-hydrogen) atoms. The molecule has 0 aliphatic carbocycles. The van der Waals surface area contributed by atoms with Gasteiger partial charge in [0.15, 0.2) is 5.82 Å². The molecule has 1 heterocycles. The molecule has 2 aromatic carbocycles. The summed E-state index contributed by atoms with van der Waals surface area (Å²) in [5, 5.41) is 9.26. The quantitative estimate of drug-likeness (QED) is 0.642. The zero-order chi connectivity index (χ0) is 16.9. The third-order valence-electron chi connectivity index (χ3n) is 3.55. The second kappa shape index (κ2) is 7.59. The SMILES string of the molecule is O=C(O)c1snc(N(Cc2ccccc2)Cc2ccccc2)c1Br. The molecule has 0 atom stereocenters. The lowest BCUT2D eigenvalue weighted by molar-refractivity contribution is 0.0701. The minimum atomic E-state index is -0.968. The molecule has 0 aliphatic heterocycles. The number of aromatic carboxylic acids is 1. The first-order valence-corrected chi connectivity index (χ1v) is 8.93. The first-order chi connectivity index (χ1) is 11.6. The van der Waals surface area contributed by atoms with Crippen molar-refractivity contribution in [3.8, 4) is 0 Å². The molecule has 0 aliphatic rings. The maximum atomic E-state index is 11.3. The largest absolute Gasteiger partial charge is 0.477 e. The minimum absolute atomic E-state index is 0.219. The van der Waals surface area contributed by atoms with Gasteiger partial charge in [-0.25, -0.2) is 4.79 Å². The van der Waals surface area contributed by atoms with Gasteiger partial charge in [0.05, 0.1) is 4.47 Å². The Morgan fingerprint density at radius 2 is 1.50 bits per heavy atom. The van der Waals surface area contributed by atoms with Crippen molar-refractivity contribution in [2.75, 3.05) is 4.90 Å². The fraction of sp³-hybridized carbons (Fsp3) is 0.111. The molecule has 0 unspecified atom stereocenters. The summed E-state index contributed by atoms with van der Waals surface area (Å²) in [6.07, 6.45) is 0. The molecule has 122 valence electrons. The molecule has 3 rings (SSSR count). The fourth-order valence-electron chi connectivity index (χ4n) is 2.41. The van der Waals surface area contributed by atoms with Crippen molar-refractivity contribution < 1.29 is 9.90 Å². The molecule has 0 saturated heterocycles. The van der Waals surface area contributed by atoms with Crippen molar-refractivity contribution in [1.82, 2.24) is 4.37 Å². The second-order valence-electron chi connectivity index (χ2n) is 5.28. The van der Waals surface area contributed by atoms with Crippen molar-refractivity contribution in [3.63, 3.8) is 0 Å². The Morgan fingerprint density at radius 1 is 1.00 bits per heavy atom. The number of carboxylic acids is 1. The van der Waals surface area contributed by atoms with E-state index in [0.29, 0.717) is 23.4 Å². The van der Waals surface area contributed by atoms with E-state index in [2.05, 4.69) is 49.5 Å². The summed E-state index contributed by atoms with van der Waals surface area (Å²) in [7, 11) is 0. The van der Waals surface area contributed by atoms with Crippen molar-refractivity contribution in [2.24, 2.45) is 0 Å². The van der Waals surface area contributed by atoms with E-state index in [1.807, 2.05) is 36.4 Å². The lowest BCUT2D eigenvalue weighted by atomic mass is 10.1. The van der Waals surface area contributed by atoms with Crippen LogP contribution in [0.25, 0.3) is 0 Å². The molecular weight excluding hydrogens is 388 g/mol. The molecular formula is C18H15BrN2O2S. The number of anilines is 1. The molecule has 1 aromatic heterocycles. The van der Waals surface area contributed by atoms with E-state index in [-0.39, 0.29) is 4.88 Å². The number of halogens is 1. The number of aromatic nitrogens is 1. The highest BCUT2D eigenvalue weighted by molar-refractivity contribution is 9.10. The normalized spacial score (nSPS) is 10.5. The Bertz CT molecular complexity index is 780. The van der Waals surface area contributed by atoms with Gasteiger partial charge in [-0.3, -0.25) is 0 Å². The number of nitrogens with zero attached hydrogens (tertiary/aromatic N) is 2. The van der Waals surface area contributed by atoms with E-state index in [9.17, 15) is 9.90 Å². The third-order valence-corrected chi connectivity index (χ3v) is 5.38. The van der Waals surface area contributed by atoms with Crippen LogP contribution in [0.15, 0.2) is 65.1 Å². The van der Waals surface area contributed by atoms with Crippen LogP contribution in [-0.2, 0) is 13.1 Å². The van der Waals surface area contributed by atoms with Gasteiger partial charge in [0.2, 0.25) is 0 Å². The van der Waals surface area contributed by atoms with Gasteiger partial charge in [-0.1, -0.05) is 60.7 Å². The summed E-state index contributed by atoms with van der Waals surface area (Å²) in [5.41, 5.74) is 2.29. The first-order valence-electron chi connectivity index (χ1n) is 7.36. The fourth-order valence-corrected chi connectivity index (χ4v) is 3.89. The van der Waals surface area contributed by atoms with Gasteiger partial charge < -0.3 is 10.0 Å². The van der Waals surface area contributed by atoms with E-state index in [0.717, 1.165) is 22.7 Å². The topological polar surface area (TPSA) is 53.4 Å². The molecule has 1 N–H and O–H groups in total. The van der Waals surface area contributed by atoms with E-state index < -0.39 is 5.97 Å². The van der Waals surface area contributed by atoms with Crippen LogP contribution in [-0.4, -0.2) is 15.4 Å². The molecule has 0 radical (unpaired) electrons. The molecule has 0 spiro atoms. The van der Waals surface area contributed by atoms with E-state index in [1.54, 1.807) is 0 Å². The van der Waals surface area contributed by atoms with Crippen LogP contribution in [0.4, 0.5) is 5.82 Å². The molecule has 0 saturated carbocycles. The van der Waals surface area contributed by atoms with E-state index in [4.69, 9.17) is 0 Å². The molecule has 6 heteroatoms. The first kappa shape index (κ1) is 16.7. The van der Waals surface area contributed by atoms with Crippen molar-refractivity contribution in [1.29, 1.82) is 0 Å². The number of hydrogen-bond donors (Lipinski definition) is 1. The summed E-state index contributed by atoms with van der Waals surface area (Å²) in [6, 6.07) is 20.1. The predicted octanol–water partition coefficient (Wildman–Crippen LogP) is 4.81. The lowest BCUT2D eigenvalue weighted by Crippen LogP contribution is -2.22. The lowest BCUT2D eigenvalue weighted by Gasteiger charge is -2.23. The molecule has 4 nitrogen and oxygen atoms in total. The van der Waals surface area contributed by atoms with Crippen LogP contribution < -0.4 is 4.90 Å². The average Bonchev–Trinajstić information content (AvgIpc) is 2.98. The van der Waals surface area contributed by atoms with Gasteiger partial charge >= 0.3 is 5.97 Å². The van der Waals surface area contributed by atoms with E-state index in [1.165, 1.54) is 0 Å². The third kappa shape index (κ3) is 3.83. The van der Waals surface area contributed by atoms with Crippen LogP contribution in [0.1, 0.15) is 20.8 Å². The highest BCUT2D eigenvalue weighted by Gasteiger charge is 2.21. The highest BCUT2D eigenvalue weighted by Crippen LogP contribution is 2.33. The minimum Gasteiger partial charge on any atom is -0.477 e. The Kier molecular flexibility index (Phi) is 5.27. The van der Waals surface area contributed by atoms with Crippen LogP contribution in [0.2, 0.25) is 0 Å². The van der Waals surface area contributed by atoms with Gasteiger partial charge in [-0.2, -0.15) is 4.37 Å². The Labute approximate surface area is 152 Å². The van der Waals surface area contributed by atoms with Crippen molar-refractivity contribution >= 4 is 39.2 Å². The molecule has 3 aromatic rings. The predicted molar refractivity (Wildman–Crippen MR) is 99.5 cm³/mol. The number of carboxylic acid groups (broad SMARTS) is 1. The zero-order valence-electron chi connectivity index (χ0n) is 12.7. The number of hydrogen-bond acceptors (Lipinski definition) is 4. The zero-order valence-corrected chi connectivity index (χ0v) is 15.1. The van der Waals surface area contributed by atoms with Crippen LogP contribution >= 0.6 is 27.5 Å². The standard InChI is InChI=1S/C18H15BrN2O2S/c19-15-16(18(22)23)24-20-17(15)21(11-13-7-3-1-4-8-13)12-14-9-5-2-6-10-14/h1-10H,11-12H2,(H,22,23). The van der Waals surface area contributed by atoms with Gasteiger partial charge in [-0.15, -0.1) is 0 Å². The molecule has 0 fully saturated rings. The van der Waals surface area contributed by atoms with Crippen LogP contribution in [0.3, 0.4) is 0 Å². The van der Waals surface area contributed by atoms with Crippen molar-refractivity contribution in [3.05, 3.63) is 81.1 Å². The summed E-state index contributed by atoms with van der Waals surface area (Å²) in [5.74, 6) is -0.310. The van der Waals surface area contributed by atoms with Crippen LogP contribution in [0, 0.1) is 0 Å². The summed E-state index contributed by atoms with van der Waals surface area (Å²) in [6.45, 7) is 1.30. The van der Waals surface area contributed by atoms with E-state index >= 15 is 0 Å². The Balaban J connectivity index is 1.93. The van der Waals surface area contributed by atoms with Gasteiger partial charge in [-0.05, 0) is 38.6 Å². The summed E-state index contributed by atoms with van der Waals surface area (Å²) in [4.78, 5) is 13.6. The highest BCUT2D eigenvalue weighted by atomic mass is 79.9. The van der Waals surface area contributed by atoms with Crippen LogP contribution in [0.5, 0.6) is 0 Å². The molecule has 0 bridgehead atoms. The molecule has 0 amide bonds. The monoisotopic (exact) mass is 402 g/mol. The summed E-state index contributed by atoms with van der Waals surface area (Å²) >= 11 is 4.40. The smallest absolute Gasteiger partial charge is 0.348 e.